The maximum Gasteiger partial charge on any atom is 0.236 e. The van der Waals surface area contributed by atoms with Crippen LogP contribution in [-0.2, 0) is 4.79 Å². The fourth-order valence-corrected chi connectivity index (χ4v) is 1.61. The van der Waals surface area contributed by atoms with Crippen molar-refractivity contribution in [1.82, 2.24) is 0 Å². The van der Waals surface area contributed by atoms with Crippen LogP contribution in [0.15, 0.2) is 24.3 Å². The average Bonchev–Trinajstić information content (AvgIpc) is 2.15. The number of nitrogen functional groups attached to an aromatic ring is 1. The van der Waals surface area contributed by atoms with Crippen molar-refractivity contribution in [2.45, 2.75) is 13.8 Å². The molecule has 16 heavy (non-hydrogen) atoms. The van der Waals surface area contributed by atoms with Crippen molar-refractivity contribution in [2.24, 2.45) is 11.7 Å². The van der Waals surface area contributed by atoms with Gasteiger partial charge in [0.15, 0.2) is 0 Å². The smallest absolute Gasteiger partial charge is 0.236 e. The topological polar surface area (TPSA) is 72.3 Å². The summed E-state index contributed by atoms with van der Waals surface area (Å²) in [6.45, 7) is 5.20. The number of nitrogens with two attached hydrogens (primary N) is 2. The van der Waals surface area contributed by atoms with E-state index in [9.17, 15) is 4.79 Å². The van der Waals surface area contributed by atoms with Gasteiger partial charge >= 0.3 is 0 Å². The Morgan fingerprint density at radius 2 is 2.12 bits per heavy atom. The number of carbonyl (C=O) groups is 1. The Balaban J connectivity index is 2.86. The Bertz CT molecular complexity index is 363. The van der Waals surface area contributed by atoms with Crippen molar-refractivity contribution < 1.29 is 4.79 Å². The van der Waals surface area contributed by atoms with Crippen LogP contribution < -0.4 is 16.4 Å². The van der Waals surface area contributed by atoms with E-state index in [2.05, 4.69) is 13.8 Å². The van der Waals surface area contributed by atoms with Crippen molar-refractivity contribution in [1.29, 1.82) is 0 Å². The SMILES string of the molecule is CC(C)CN(CC(N)=O)c1cccc(N)c1. The number of primary amides is 1. The monoisotopic (exact) mass is 221 g/mol. The molecule has 0 saturated carbocycles. The zero-order valence-corrected chi connectivity index (χ0v) is 9.81. The highest BCUT2D eigenvalue weighted by Gasteiger charge is 2.11. The summed E-state index contributed by atoms with van der Waals surface area (Å²) in [7, 11) is 0. The predicted molar refractivity (Wildman–Crippen MR) is 67.1 cm³/mol. The molecule has 0 fully saturated rings. The van der Waals surface area contributed by atoms with Crippen LogP contribution in [0.2, 0.25) is 0 Å². The summed E-state index contributed by atoms with van der Waals surface area (Å²) in [6, 6.07) is 7.48. The fourth-order valence-electron chi connectivity index (χ4n) is 1.61. The van der Waals surface area contributed by atoms with E-state index in [1.54, 1.807) is 0 Å². The van der Waals surface area contributed by atoms with E-state index in [1.165, 1.54) is 0 Å². The average molecular weight is 221 g/mol. The molecule has 4 N–H and O–H groups in total. The number of amides is 1. The molecule has 1 amide bonds. The van der Waals surface area contributed by atoms with Crippen LogP contribution in [0.4, 0.5) is 11.4 Å². The van der Waals surface area contributed by atoms with Gasteiger partial charge in [-0.1, -0.05) is 19.9 Å². The third kappa shape index (κ3) is 3.81. The third-order valence-electron chi connectivity index (χ3n) is 2.17. The van der Waals surface area contributed by atoms with Crippen LogP contribution in [0.25, 0.3) is 0 Å². The molecular weight excluding hydrogens is 202 g/mol. The van der Waals surface area contributed by atoms with Crippen LogP contribution in [0.3, 0.4) is 0 Å². The van der Waals surface area contributed by atoms with Crippen LogP contribution in [-0.4, -0.2) is 19.0 Å². The second-order valence-corrected chi connectivity index (χ2v) is 4.34. The highest BCUT2D eigenvalue weighted by molar-refractivity contribution is 5.79. The van der Waals surface area contributed by atoms with Crippen LogP contribution in [0.1, 0.15) is 13.8 Å². The van der Waals surface area contributed by atoms with Gasteiger partial charge in [0.1, 0.15) is 0 Å². The van der Waals surface area contributed by atoms with E-state index in [1.807, 2.05) is 29.2 Å². The number of carbonyl (C=O) groups excluding carboxylic acids is 1. The summed E-state index contributed by atoms with van der Waals surface area (Å²) in [5.74, 6) is 0.129. The molecule has 4 nitrogen and oxygen atoms in total. The second kappa shape index (κ2) is 5.39. The van der Waals surface area contributed by atoms with Gasteiger partial charge in [0, 0.05) is 17.9 Å². The molecule has 0 bridgehead atoms. The first-order valence-corrected chi connectivity index (χ1v) is 5.38. The first kappa shape index (κ1) is 12.4. The highest BCUT2D eigenvalue weighted by atomic mass is 16.1. The Kier molecular flexibility index (Phi) is 4.17. The van der Waals surface area contributed by atoms with Gasteiger partial charge in [-0.3, -0.25) is 4.79 Å². The molecule has 0 unspecified atom stereocenters. The minimum atomic E-state index is -0.330. The first-order valence-electron chi connectivity index (χ1n) is 5.38. The molecule has 0 aliphatic carbocycles. The normalized spacial score (nSPS) is 10.4. The number of rotatable bonds is 5. The standard InChI is InChI=1S/C12H19N3O/c1-9(2)7-15(8-12(14)16)11-5-3-4-10(13)6-11/h3-6,9H,7-8,13H2,1-2H3,(H2,14,16). The second-order valence-electron chi connectivity index (χ2n) is 4.34. The molecule has 4 heteroatoms. The van der Waals surface area contributed by atoms with Crippen molar-refractivity contribution in [3.8, 4) is 0 Å². The molecule has 1 aromatic rings. The van der Waals surface area contributed by atoms with Gasteiger partial charge < -0.3 is 16.4 Å². The van der Waals surface area contributed by atoms with E-state index in [-0.39, 0.29) is 12.5 Å². The zero-order chi connectivity index (χ0) is 12.1. The van der Waals surface area contributed by atoms with Gasteiger partial charge in [0.25, 0.3) is 0 Å². The Morgan fingerprint density at radius 3 is 2.62 bits per heavy atom. The highest BCUT2D eigenvalue weighted by Crippen LogP contribution is 2.18. The fraction of sp³-hybridized carbons (Fsp3) is 0.417. The molecule has 0 aromatic heterocycles. The zero-order valence-electron chi connectivity index (χ0n) is 9.81. The summed E-state index contributed by atoms with van der Waals surface area (Å²) >= 11 is 0. The van der Waals surface area contributed by atoms with Gasteiger partial charge in [-0.2, -0.15) is 0 Å². The summed E-state index contributed by atoms with van der Waals surface area (Å²) in [6.07, 6.45) is 0. The lowest BCUT2D eigenvalue weighted by Crippen LogP contribution is -2.36. The van der Waals surface area contributed by atoms with Gasteiger partial charge in [-0.15, -0.1) is 0 Å². The quantitative estimate of drug-likeness (QED) is 0.734. The maximum atomic E-state index is 11.0. The molecule has 1 aromatic carbocycles. The van der Waals surface area contributed by atoms with Gasteiger partial charge in [0.05, 0.1) is 6.54 Å². The molecule has 1 rings (SSSR count). The lowest BCUT2D eigenvalue weighted by atomic mass is 10.2. The summed E-state index contributed by atoms with van der Waals surface area (Å²) in [5.41, 5.74) is 12.6. The predicted octanol–water partition coefficient (Wildman–Crippen LogP) is 1.22. The van der Waals surface area contributed by atoms with E-state index >= 15 is 0 Å². The lowest BCUT2D eigenvalue weighted by Gasteiger charge is -2.25. The van der Waals surface area contributed by atoms with Gasteiger partial charge in [0.2, 0.25) is 5.91 Å². The number of hydrogen-bond donors (Lipinski definition) is 2. The molecule has 0 saturated heterocycles. The Hall–Kier alpha value is -1.71. The van der Waals surface area contributed by atoms with Crippen molar-refractivity contribution in [3.63, 3.8) is 0 Å². The van der Waals surface area contributed by atoms with E-state index < -0.39 is 0 Å². The maximum absolute atomic E-state index is 11.0. The Labute approximate surface area is 96.2 Å². The molecule has 0 heterocycles. The van der Waals surface area contributed by atoms with Crippen molar-refractivity contribution >= 4 is 17.3 Å². The molecule has 0 aliphatic rings. The van der Waals surface area contributed by atoms with Gasteiger partial charge in [-0.05, 0) is 24.1 Å². The largest absolute Gasteiger partial charge is 0.399 e. The summed E-state index contributed by atoms with van der Waals surface area (Å²) in [4.78, 5) is 12.9. The minimum Gasteiger partial charge on any atom is -0.399 e. The third-order valence-corrected chi connectivity index (χ3v) is 2.17. The van der Waals surface area contributed by atoms with E-state index in [0.29, 0.717) is 11.6 Å². The first-order chi connectivity index (χ1) is 7.49. The Morgan fingerprint density at radius 1 is 1.44 bits per heavy atom. The number of anilines is 2. The van der Waals surface area contributed by atoms with Crippen LogP contribution in [0.5, 0.6) is 0 Å². The number of benzene rings is 1. The van der Waals surface area contributed by atoms with Crippen molar-refractivity contribution in [3.05, 3.63) is 24.3 Å². The van der Waals surface area contributed by atoms with Crippen LogP contribution >= 0.6 is 0 Å². The minimum absolute atomic E-state index is 0.224. The molecular formula is C12H19N3O. The van der Waals surface area contributed by atoms with E-state index in [0.717, 1.165) is 12.2 Å². The number of nitrogens with zero attached hydrogens (tertiary/aromatic N) is 1. The van der Waals surface area contributed by atoms with Crippen molar-refractivity contribution in [2.75, 3.05) is 23.7 Å². The lowest BCUT2D eigenvalue weighted by molar-refractivity contribution is -0.116. The van der Waals surface area contributed by atoms with E-state index in [4.69, 9.17) is 11.5 Å². The molecule has 0 atom stereocenters. The summed E-state index contributed by atoms with van der Waals surface area (Å²) in [5, 5.41) is 0. The van der Waals surface area contributed by atoms with Crippen LogP contribution in [0, 0.1) is 5.92 Å². The molecule has 0 radical (unpaired) electrons. The number of hydrogen-bond acceptors (Lipinski definition) is 3. The molecule has 0 spiro atoms. The molecule has 0 aliphatic heterocycles. The molecule has 88 valence electrons. The summed E-state index contributed by atoms with van der Waals surface area (Å²) < 4.78 is 0. The van der Waals surface area contributed by atoms with Gasteiger partial charge in [-0.25, -0.2) is 0 Å².